The van der Waals surface area contributed by atoms with Gasteiger partial charge in [-0.3, -0.25) is 9.59 Å². The maximum Gasteiger partial charge on any atom is 0.433 e. The average molecular weight is 621 g/mol. The molecule has 1 aliphatic heterocycles. The number of hydrogen-bond donors (Lipinski definition) is 2. The zero-order valence-corrected chi connectivity index (χ0v) is 24.7. The van der Waals surface area contributed by atoms with Gasteiger partial charge in [-0.25, -0.2) is 9.50 Å². The number of fused-ring (bicyclic) bond motifs is 6. The number of ether oxygens (including phenoxy) is 2. The smallest absolute Gasteiger partial charge is 0.433 e. The Bertz CT molecular complexity index is 1900. The Labute approximate surface area is 256 Å². The highest BCUT2D eigenvalue weighted by molar-refractivity contribution is 5.96. The number of rotatable bonds is 2. The van der Waals surface area contributed by atoms with E-state index in [4.69, 9.17) is 9.47 Å². The Balaban J connectivity index is 1.31. The van der Waals surface area contributed by atoms with Crippen molar-refractivity contribution < 1.29 is 32.2 Å². The van der Waals surface area contributed by atoms with Crippen molar-refractivity contribution in [1.82, 2.24) is 29.8 Å². The molecule has 234 valence electrons. The van der Waals surface area contributed by atoms with Crippen molar-refractivity contribution in [1.29, 1.82) is 0 Å². The Morgan fingerprint density at radius 3 is 2.73 bits per heavy atom. The van der Waals surface area contributed by atoms with E-state index < -0.39 is 23.7 Å². The number of alkyl halides is 3. The summed E-state index contributed by atoms with van der Waals surface area (Å²) in [5.74, 6) is -0.00625. The molecule has 6 rings (SSSR count). The summed E-state index contributed by atoms with van der Waals surface area (Å²) in [5, 5.41) is 7.90. The van der Waals surface area contributed by atoms with Crippen LogP contribution in [0.3, 0.4) is 0 Å². The predicted molar refractivity (Wildman–Crippen MR) is 160 cm³/mol. The third kappa shape index (κ3) is 6.28. The largest absolute Gasteiger partial charge is 0.493 e. The fourth-order valence-corrected chi connectivity index (χ4v) is 5.65. The van der Waals surface area contributed by atoms with Gasteiger partial charge in [0.15, 0.2) is 22.8 Å². The van der Waals surface area contributed by atoms with Crippen molar-refractivity contribution in [3.8, 4) is 11.5 Å². The third-order valence-electron chi connectivity index (χ3n) is 7.72. The molecule has 0 saturated heterocycles. The molecule has 5 aromatic rings. The van der Waals surface area contributed by atoms with Crippen LogP contribution in [0.2, 0.25) is 0 Å². The first-order valence-corrected chi connectivity index (χ1v) is 14.5. The molecule has 0 radical (unpaired) electrons. The van der Waals surface area contributed by atoms with Gasteiger partial charge in [0, 0.05) is 47.9 Å². The first kappa shape index (κ1) is 30.0. The van der Waals surface area contributed by atoms with Crippen LogP contribution in [0.15, 0.2) is 54.6 Å². The Morgan fingerprint density at radius 1 is 1.11 bits per heavy atom. The lowest BCUT2D eigenvalue weighted by molar-refractivity contribution is -0.142. The van der Waals surface area contributed by atoms with Gasteiger partial charge in [0.25, 0.3) is 5.91 Å². The summed E-state index contributed by atoms with van der Waals surface area (Å²) in [7, 11) is 1.55. The van der Waals surface area contributed by atoms with E-state index in [9.17, 15) is 22.8 Å². The van der Waals surface area contributed by atoms with Crippen LogP contribution in [0.4, 0.5) is 13.2 Å². The van der Waals surface area contributed by atoms with Crippen LogP contribution < -0.4 is 14.8 Å². The number of aromatic amines is 1. The van der Waals surface area contributed by atoms with Gasteiger partial charge in [-0.05, 0) is 55.2 Å². The lowest BCUT2D eigenvalue weighted by Crippen LogP contribution is -2.42. The number of methoxy groups -OCH3 is 1. The van der Waals surface area contributed by atoms with Crippen LogP contribution in [0, 0.1) is 6.92 Å². The molecular formula is C32H31F3N6O4. The third-order valence-corrected chi connectivity index (χ3v) is 7.72. The normalized spacial score (nSPS) is 15.0. The molecule has 45 heavy (non-hydrogen) atoms. The van der Waals surface area contributed by atoms with E-state index in [0.717, 1.165) is 33.8 Å². The molecule has 3 aromatic heterocycles. The molecule has 2 N–H and O–H groups in total. The number of carbonyl (C=O) groups excluding carboxylic acids is 2. The maximum atomic E-state index is 13.7. The topological polar surface area (TPSA) is 114 Å². The van der Waals surface area contributed by atoms with Gasteiger partial charge in [0.1, 0.15) is 5.69 Å². The second-order valence-corrected chi connectivity index (χ2v) is 10.9. The standard InChI is InChI=1S/C32H31F3N6O4/c1-19-14-28(32(33,34)35)41-29(37-19)17-25(39-41)31(43)40-12-5-13-45-27-16-20(8-9-26(27)44-2)15-24-22(10-11-36-30(42)18-40)21-6-3-4-7-23(21)38-24/h3-4,6-9,14,16-17,38H,5,10-13,15,18H2,1-2H3,(H,36,42). The van der Waals surface area contributed by atoms with Crippen LogP contribution in [0.5, 0.6) is 11.5 Å². The molecule has 1 aliphatic rings. The van der Waals surface area contributed by atoms with Gasteiger partial charge < -0.3 is 24.7 Å². The fourth-order valence-electron chi connectivity index (χ4n) is 5.65. The molecule has 0 fully saturated rings. The molecule has 0 atom stereocenters. The van der Waals surface area contributed by atoms with Crippen LogP contribution in [-0.2, 0) is 23.8 Å². The van der Waals surface area contributed by atoms with E-state index in [1.807, 2.05) is 42.5 Å². The number of hydrogen-bond acceptors (Lipinski definition) is 6. The van der Waals surface area contributed by atoms with Gasteiger partial charge in [0.05, 0.1) is 20.3 Å². The summed E-state index contributed by atoms with van der Waals surface area (Å²) in [6.07, 6.45) is -3.22. The number of nitrogens with zero attached hydrogens (tertiary/aromatic N) is 4. The number of para-hydroxylation sites is 1. The summed E-state index contributed by atoms with van der Waals surface area (Å²) in [6, 6.07) is 15.8. The van der Waals surface area contributed by atoms with Gasteiger partial charge >= 0.3 is 6.18 Å². The summed E-state index contributed by atoms with van der Waals surface area (Å²) in [4.78, 5) is 35.6. The first-order chi connectivity index (χ1) is 21.6. The molecule has 2 amide bonds. The zero-order chi connectivity index (χ0) is 31.7. The lowest BCUT2D eigenvalue weighted by Gasteiger charge is -2.22. The monoisotopic (exact) mass is 620 g/mol. The van der Waals surface area contributed by atoms with Crippen LogP contribution in [0.25, 0.3) is 16.6 Å². The number of halogens is 3. The summed E-state index contributed by atoms with van der Waals surface area (Å²) < 4.78 is 53.3. The average Bonchev–Trinajstić information content (AvgIpc) is 3.58. The van der Waals surface area contributed by atoms with E-state index >= 15 is 0 Å². The quantitative estimate of drug-likeness (QED) is 0.295. The fraction of sp³-hybridized carbons (Fsp3) is 0.312. The van der Waals surface area contributed by atoms with E-state index in [0.29, 0.717) is 41.8 Å². The number of H-pyrrole nitrogens is 1. The van der Waals surface area contributed by atoms with E-state index in [2.05, 4.69) is 20.4 Å². The second kappa shape index (κ2) is 12.1. The minimum atomic E-state index is -4.71. The van der Waals surface area contributed by atoms with Crippen molar-refractivity contribution >= 4 is 28.4 Å². The molecule has 13 heteroatoms. The number of carbonyl (C=O) groups is 2. The second-order valence-electron chi connectivity index (χ2n) is 10.9. The number of amides is 2. The highest BCUT2D eigenvalue weighted by Crippen LogP contribution is 2.32. The molecule has 10 nitrogen and oxygen atoms in total. The lowest BCUT2D eigenvalue weighted by atomic mass is 10.0. The molecule has 0 aliphatic carbocycles. The Kier molecular flexibility index (Phi) is 8.09. The molecule has 0 spiro atoms. The van der Waals surface area contributed by atoms with E-state index in [1.54, 1.807) is 7.11 Å². The van der Waals surface area contributed by atoms with Gasteiger partial charge in [0.2, 0.25) is 5.91 Å². The maximum absolute atomic E-state index is 13.7. The van der Waals surface area contributed by atoms with Gasteiger partial charge in [-0.2, -0.15) is 18.3 Å². The highest BCUT2D eigenvalue weighted by Gasteiger charge is 2.35. The van der Waals surface area contributed by atoms with Crippen LogP contribution in [0.1, 0.15) is 45.1 Å². The van der Waals surface area contributed by atoms with Crippen molar-refractivity contribution in [3.05, 3.63) is 88.5 Å². The SMILES string of the molecule is COc1ccc2cc1OCCCN(C(=O)c1cc3nc(C)cc(C(F)(F)F)n3n1)CC(=O)NCCc1c([nH]c3ccccc13)C2. The number of aryl methyl sites for hydroxylation is 1. The molecule has 4 heterocycles. The Hall–Kier alpha value is -5.07. The molecule has 0 unspecified atom stereocenters. The molecule has 0 saturated carbocycles. The predicted octanol–water partition coefficient (Wildman–Crippen LogP) is 4.72. The molecule has 2 bridgehead atoms. The summed E-state index contributed by atoms with van der Waals surface area (Å²) >= 11 is 0. The zero-order valence-electron chi connectivity index (χ0n) is 24.7. The van der Waals surface area contributed by atoms with Gasteiger partial charge in [-0.15, -0.1) is 0 Å². The van der Waals surface area contributed by atoms with E-state index in [-0.39, 0.29) is 36.7 Å². The minimum absolute atomic E-state index is 0.0906. The number of aromatic nitrogens is 4. The highest BCUT2D eigenvalue weighted by atomic mass is 19.4. The molecule has 2 aromatic carbocycles. The van der Waals surface area contributed by atoms with Crippen molar-refractivity contribution in [2.24, 2.45) is 0 Å². The number of benzene rings is 2. The van der Waals surface area contributed by atoms with Crippen molar-refractivity contribution in [2.75, 3.05) is 33.4 Å². The minimum Gasteiger partial charge on any atom is -0.493 e. The molecular weight excluding hydrogens is 589 g/mol. The summed E-state index contributed by atoms with van der Waals surface area (Å²) in [5.41, 5.74) is 2.79. The number of nitrogens with one attached hydrogen (secondary N) is 2. The van der Waals surface area contributed by atoms with Gasteiger partial charge in [-0.1, -0.05) is 24.3 Å². The first-order valence-electron chi connectivity index (χ1n) is 14.5. The van der Waals surface area contributed by atoms with Crippen molar-refractivity contribution in [2.45, 2.75) is 32.4 Å². The van der Waals surface area contributed by atoms with Crippen molar-refractivity contribution in [3.63, 3.8) is 0 Å². The van der Waals surface area contributed by atoms with E-state index in [1.165, 1.54) is 17.9 Å². The van der Waals surface area contributed by atoms with Crippen LogP contribution in [-0.4, -0.2) is 69.6 Å². The summed E-state index contributed by atoms with van der Waals surface area (Å²) in [6.45, 7) is 1.72. The Morgan fingerprint density at radius 2 is 1.93 bits per heavy atom. The van der Waals surface area contributed by atoms with Crippen LogP contribution >= 0.6 is 0 Å².